The molecule has 0 bridgehead atoms. The van der Waals surface area contributed by atoms with Crippen LogP contribution in [0.2, 0.25) is 0 Å². The van der Waals surface area contributed by atoms with E-state index in [0.717, 1.165) is 42.4 Å². The number of aliphatic hydroxyl groups is 1. The molecular weight excluding hydrogens is 282 g/mol. The number of hydrogen-bond acceptors (Lipinski definition) is 3. The standard InChI is InChI=1S/C13H16BrNO2/c1-13(17)4-6-15(7-5-13)12-3-2-10(9-16)8-11(12)14/h2-3,8-9,17H,4-7H2,1H3. The Balaban J connectivity index is 2.16. The number of hydrogen-bond donors (Lipinski definition) is 1. The van der Waals surface area contributed by atoms with E-state index in [0.29, 0.717) is 5.56 Å². The van der Waals surface area contributed by atoms with E-state index < -0.39 is 5.60 Å². The normalized spacial score (nSPS) is 19.1. The molecule has 1 saturated heterocycles. The molecule has 0 spiro atoms. The Bertz CT molecular complexity index is 421. The van der Waals surface area contributed by atoms with Crippen molar-refractivity contribution in [3.63, 3.8) is 0 Å². The summed E-state index contributed by atoms with van der Waals surface area (Å²) < 4.78 is 0.934. The first-order valence-corrected chi connectivity index (χ1v) is 6.53. The molecule has 4 heteroatoms. The van der Waals surface area contributed by atoms with Crippen LogP contribution in [0.1, 0.15) is 30.1 Å². The summed E-state index contributed by atoms with van der Waals surface area (Å²) >= 11 is 3.49. The van der Waals surface area contributed by atoms with Gasteiger partial charge in [-0.05, 0) is 53.9 Å². The number of piperidine rings is 1. The van der Waals surface area contributed by atoms with E-state index >= 15 is 0 Å². The molecule has 0 unspecified atom stereocenters. The van der Waals surface area contributed by atoms with Gasteiger partial charge < -0.3 is 10.0 Å². The molecule has 1 aromatic carbocycles. The van der Waals surface area contributed by atoms with Gasteiger partial charge in [0.1, 0.15) is 6.29 Å². The molecule has 0 radical (unpaired) electrons. The molecule has 0 atom stereocenters. The van der Waals surface area contributed by atoms with Gasteiger partial charge in [-0.15, -0.1) is 0 Å². The fourth-order valence-electron chi connectivity index (χ4n) is 2.08. The van der Waals surface area contributed by atoms with Crippen LogP contribution >= 0.6 is 15.9 Å². The maximum absolute atomic E-state index is 10.7. The lowest BCUT2D eigenvalue weighted by atomic mass is 9.93. The molecule has 92 valence electrons. The first kappa shape index (κ1) is 12.6. The molecule has 17 heavy (non-hydrogen) atoms. The van der Waals surface area contributed by atoms with E-state index in [1.54, 1.807) is 0 Å². The second-order valence-corrected chi connectivity index (χ2v) is 5.67. The van der Waals surface area contributed by atoms with Crippen LogP contribution in [-0.2, 0) is 0 Å². The first-order chi connectivity index (χ1) is 8.02. The minimum atomic E-state index is -0.536. The topological polar surface area (TPSA) is 40.5 Å². The second-order valence-electron chi connectivity index (χ2n) is 4.81. The largest absolute Gasteiger partial charge is 0.390 e. The summed E-state index contributed by atoms with van der Waals surface area (Å²) in [4.78, 5) is 12.9. The van der Waals surface area contributed by atoms with Crippen molar-refractivity contribution < 1.29 is 9.90 Å². The zero-order chi connectivity index (χ0) is 12.5. The maximum Gasteiger partial charge on any atom is 0.150 e. The summed E-state index contributed by atoms with van der Waals surface area (Å²) in [5, 5.41) is 9.91. The number of rotatable bonds is 2. The lowest BCUT2D eigenvalue weighted by molar-refractivity contribution is 0.0351. The van der Waals surface area contributed by atoms with Crippen LogP contribution in [0.15, 0.2) is 22.7 Å². The zero-order valence-electron chi connectivity index (χ0n) is 9.82. The van der Waals surface area contributed by atoms with E-state index in [9.17, 15) is 9.90 Å². The van der Waals surface area contributed by atoms with Crippen LogP contribution in [0.25, 0.3) is 0 Å². The van der Waals surface area contributed by atoms with Gasteiger partial charge in [0.05, 0.1) is 11.3 Å². The lowest BCUT2D eigenvalue weighted by Crippen LogP contribution is -2.42. The van der Waals surface area contributed by atoms with E-state index in [4.69, 9.17) is 0 Å². The molecule has 1 aliphatic rings. The van der Waals surface area contributed by atoms with Gasteiger partial charge in [-0.25, -0.2) is 0 Å². The van der Waals surface area contributed by atoms with Crippen molar-refractivity contribution in [3.05, 3.63) is 28.2 Å². The molecule has 0 amide bonds. The van der Waals surface area contributed by atoms with Crippen molar-refractivity contribution in [1.29, 1.82) is 0 Å². The molecule has 0 aliphatic carbocycles. The van der Waals surface area contributed by atoms with Gasteiger partial charge in [0.25, 0.3) is 0 Å². The lowest BCUT2D eigenvalue weighted by Gasteiger charge is -2.37. The highest BCUT2D eigenvalue weighted by Gasteiger charge is 2.27. The zero-order valence-corrected chi connectivity index (χ0v) is 11.4. The third kappa shape index (κ3) is 2.87. The van der Waals surface area contributed by atoms with Gasteiger partial charge in [0, 0.05) is 23.1 Å². The van der Waals surface area contributed by atoms with E-state index in [1.165, 1.54) is 0 Å². The summed E-state index contributed by atoms with van der Waals surface area (Å²) in [5.41, 5.74) is 1.22. The van der Waals surface area contributed by atoms with Crippen molar-refractivity contribution >= 4 is 27.9 Å². The molecule has 1 heterocycles. The van der Waals surface area contributed by atoms with Crippen LogP contribution in [0.4, 0.5) is 5.69 Å². The van der Waals surface area contributed by atoms with Gasteiger partial charge in [0.2, 0.25) is 0 Å². The van der Waals surface area contributed by atoms with E-state index in [1.807, 2.05) is 25.1 Å². The molecule has 3 nitrogen and oxygen atoms in total. The molecule has 1 aliphatic heterocycles. The van der Waals surface area contributed by atoms with Crippen molar-refractivity contribution in [2.45, 2.75) is 25.4 Å². The van der Waals surface area contributed by atoms with Crippen LogP contribution in [0, 0.1) is 0 Å². The monoisotopic (exact) mass is 297 g/mol. The number of anilines is 1. The summed E-state index contributed by atoms with van der Waals surface area (Å²) in [6, 6.07) is 5.60. The Morgan fingerprint density at radius 3 is 2.59 bits per heavy atom. The van der Waals surface area contributed by atoms with E-state index in [2.05, 4.69) is 20.8 Å². The third-order valence-electron chi connectivity index (χ3n) is 3.29. The number of carbonyl (C=O) groups excluding carboxylic acids is 1. The number of carbonyl (C=O) groups is 1. The third-order valence-corrected chi connectivity index (χ3v) is 3.92. The Hall–Kier alpha value is -0.870. The van der Waals surface area contributed by atoms with Crippen molar-refractivity contribution in [2.24, 2.45) is 0 Å². The molecule has 2 rings (SSSR count). The molecule has 1 N–H and O–H groups in total. The van der Waals surface area contributed by atoms with Crippen LogP contribution < -0.4 is 4.90 Å². The first-order valence-electron chi connectivity index (χ1n) is 5.74. The minimum absolute atomic E-state index is 0.536. The van der Waals surface area contributed by atoms with Gasteiger partial charge in [-0.2, -0.15) is 0 Å². The van der Waals surface area contributed by atoms with Crippen molar-refractivity contribution in [2.75, 3.05) is 18.0 Å². The number of aldehydes is 1. The van der Waals surface area contributed by atoms with Gasteiger partial charge in [-0.3, -0.25) is 4.79 Å². The quantitative estimate of drug-likeness (QED) is 0.853. The van der Waals surface area contributed by atoms with Crippen molar-refractivity contribution in [1.82, 2.24) is 0 Å². The second kappa shape index (κ2) is 4.78. The Kier molecular flexibility index (Phi) is 3.54. The predicted molar refractivity (Wildman–Crippen MR) is 71.6 cm³/mol. The Morgan fingerprint density at radius 2 is 2.06 bits per heavy atom. The summed E-state index contributed by atoms with van der Waals surface area (Å²) in [6.07, 6.45) is 2.39. The number of halogens is 1. The number of nitrogens with zero attached hydrogens (tertiary/aromatic N) is 1. The average Bonchev–Trinajstić information content (AvgIpc) is 2.29. The Labute approximate surface area is 110 Å². The van der Waals surface area contributed by atoms with Gasteiger partial charge in [-0.1, -0.05) is 0 Å². The SMILES string of the molecule is CC1(O)CCN(c2ccc(C=O)cc2Br)CC1. The van der Waals surface area contributed by atoms with Gasteiger partial charge >= 0.3 is 0 Å². The van der Waals surface area contributed by atoms with Crippen LogP contribution in [0.5, 0.6) is 0 Å². The fraction of sp³-hybridized carbons (Fsp3) is 0.462. The van der Waals surface area contributed by atoms with E-state index in [-0.39, 0.29) is 0 Å². The van der Waals surface area contributed by atoms with Crippen LogP contribution in [0.3, 0.4) is 0 Å². The highest BCUT2D eigenvalue weighted by molar-refractivity contribution is 9.10. The molecule has 1 aromatic rings. The smallest absolute Gasteiger partial charge is 0.150 e. The summed E-state index contributed by atoms with van der Waals surface area (Å²) in [5.74, 6) is 0. The molecular formula is C13H16BrNO2. The van der Waals surface area contributed by atoms with Gasteiger partial charge in [0.15, 0.2) is 0 Å². The molecule has 0 saturated carbocycles. The predicted octanol–water partition coefficient (Wildman–Crippen LogP) is 2.61. The fourth-order valence-corrected chi connectivity index (χ4v) is 2.73. The van der Waals surface area contributed by atoms with Crippen molar-refractivity contribution in [3.8, 4) is 0 Å². The maximum atomic E-state index is 10.7. The summed E-state index contributed by atoms with van der Waals surface area (Å²) in [7, 11) is 0. The Morgan fingerprint density at radius 1 is 1.41 bits per heavy atom. The highest BCUT2D eigenvalue weighted by Crippen LogP contribution is 2.31. The average molecular weight is 298 g/mol. The summed E-state index contributed by atoms with van der Waals surface area (Å²) in [6.45, 7) is 3.56. The number of benzene rings is 1. The van der Waals surface area contributed by atoms with Crippen LogP contribution in [-0.4, -0.2) is 30.1 Å². The molecule has 0 aromatic heterocycles. The molecule has 1 fully saturated rings. The highest BCUT2D eigenvalue weighted by atomic mass is 79.9. The minimum Gasteiger partial charge on any atom is -0.390 e.